The molecule has 0 aliphatic carbocycles. The van der Waals surface area contributed by atoms with Crippen LogP contribution in [-0.2, 0) is 13.1 Å². The summed E-state index contributed by atoms with van der Waals surface area (Å²) in [6.07, 6.45) is -0.159. The van der Waals surface area contributed by atoms with Crippen molar-refractivity contribution in [2.45, 2.75) is 38.1 Å². The van der Waals surface area contributed by atoms with Crippen molar-refractivity contribution in [3.63, 3.8) is 0 Å². The predicted molar refractivity (Wildman–Crippen MR) is 168 cm³/mol. The molecule has 3 N–H and O–H groups in total. The number of piperidine rings is 1. The fraction of sp³-hybridized carbons (Fsp3) is 0.375. The van der Waals surface area contributed by atoms with E-state index in [0.29, 0.717) is 29.9 Å². The molecule has 43 heavy (non-hydrogen) atoms. The number of methoxy groups -OCH3 is 1. The Morgan fingerprint density at radius 1 is 1.16 bits per heavy atom. The number of alkyl halides is 1. The number of imidazole rings is 1. The Balaban J connectivity index is 1.39. The molecule has 224 valence electrons. The molecule has 11 heteroatoms. The molecular formula is C32H35FN6O3S. The van der Waals surface area contributed by atoms with Crippen molar-refractivity contribution >= 4 is 44.9 Å². The van der Waals surface area contributed by atoms with Crippen molar-refractivity contribution in [2.75, 3.05) is 44.8 Å². The van der Waals surface area contributed by atoms with Crippen LogP contribution in [0.5, 0.6) is 5.75 Å². The zero-order valence-electron chi connectivity index (χ0n) is 24.1. The molecule has 0 unspecified atom stereocenters. The van der Waals surface area contributed by atoms with Gasteiger partial charge in [-0.1, -0.05) is 18.2 Å². The Hall–Kier alpha value is -3.93. The average Bonchev–Trinajstić information content (AvgIpc) is 3.74. The third kappa shape index (κ3) is 4.95. The zero-order valence-corrected chi connectivity index (χ0v) is 24.9. The fourth-order valence-corrected chi connectivity index (χ4v) is 7.34. The van der Waals surface area contributed by atoms with Crippen LogP contribution in [0.15, 0.2) is 53.9 Å². The number of aliphatic hydroxyl groups excluding tert-OH is 1. The van der Waals surface area contributed by atoms with Crippen molar-refractivity contribution in [3.05, 3.63) is 64.4 Å². The van der Waals surface area contributed by atoms with Gasteiger partial charge in [0.2, 0.25) is 0 Å². The summed E-state index contributed by atoms with van der Waals surface area (Å²) in [4.78, 5) is 23.8. The van der Waals surface area contributed by atoms with Gasteiger partial charge in [-0.2, -0.15) is 0 Å². The Kier molecular flexibility index (Phi) is 7.32. The Morgan fingerprint density at radius 3 is 2.81 bits per heavy atom. The van der Waals surface area contributed by atoms with Crippen LogP contribution in [0.1, 0.15) is 28.1 Å². The largest absolute Gasteiger partial charge is 0.494 e. The van der Waals surface area contributed by atoms with E-state index < -0.39 is 6.17 Å². The Morgan fingerprint density at radius 2 is 2.05 bits per heavy atom. The lowest BCUT2D eigenvalue weighted by Gasteiger charge is -2.33. The summed E-state index contributed by atoms with van der Waals surface area (Å²) >= 11 is 1.68. The number of aliphatic hydroxyl groups is 1. The van der Waals surface area contributed by atoms with E-state index in [1.165, 1.54) is 9.78 Å². The molecule has 1 fully saturated rings. The number of para-hydroxylation sites is 1. The molecular weight excluding hydrogens is 567 g/mol. The number of rotatable bonds is 8. The number of benzene rings is 2. The van der Waals surface area contributed by atoms with E-state index in [1.54, 1.807) is 30.6 Å². The smallest absolute Gasteiger partial charge is 0.254 e. The highest BCUT2D eigenvalue weighted by Crippen LogP contribution is 2.40. The summed E-state index contributed by atoms with van der Waals surface area (Å²) in [5.74, 6) is 1.06. The lowest BCUT2D eigenvalue weighted by atomic mass is 10.0. The van der Waals surface area contributed by atoms with Gasteiger partial charge in [0.15, 0.2) is 5.82 Å². The van der Waals surface area contributed by atoms with Crippen LogP contribution >= 0.6 is 11.3 Å². The molecule has 1 amide bonds. The van der Waals surface area contributed by atoms with Crippen molar-refractivity contribution in [2.24, 2.45) is 5.73 Å². The number of hydrogen-bond donors (Lipinski definition) is 2. The van der Waals surface area contributed by atoms with E-state index in [1.807, 2.05) is 6.07 Å². The minimum atomic E-state index is -1.14. The number of ether oxygens (including phenoxy) is 1. The molecule has 0 radical (unpaired) electrons. The predicted octanol–water partition coefficient (Wildman–Crippen LogP) is 4.49. The molecule has 2 aliphatic heterocycles. The van der Waals surface area contributed by atoms with Gasteiger partial charge in [-0.05, 0) is 48.6 Å². The highest BCUT2D eigenvalue weighted by molar-refractivity contribution is 7.09. The molecule has 2 aromatic carbocycles. The third-order valence-electron chi connectivity index (χ3n) is 8.54. The monoisotopic (exact) mass is 602 g/mol. The van der Waals surface area contributed by atoms with E-state index >= 15 is 0 Å². The number of amides is 1. The maximum atomic E-state index is 14.3. The van der Waals surface area contributed by atoms with E-state index in [4.69, 9.17) is 15.5 Å². The van der Waals surface area contributed by atoms with Gasteiger partial charge in [0.05, 0.1) is 42.6 Å². The Bertz CT molecular complexity index is 1790. The van der Waals surface area contributed by atoms with Crippen LogP contribution in [0.2, 0.25) is 0 Å². The first-order valence-corrected chi connectivity index (χ1v) is 15.6. The number of fused-ring (bicyclic) bond motifs is 1. The summed E-state index contributed by atoms with van der Waals surface area (Å²) in [5.41, 5.74) is 11.2. The van der Waals surface area contributed by atoms with Crippen LogP contribution in [0.25, 0.3) is 33.5 Å². The first-order valence-electron chi connectivity index (χ1n) is 14.7. The number of likely N-dealkylation sites (tertiary alicyclic amines) is 1. The molecule has 0 saturated carbocycles. The van der Waals surface area contributed by atoms with Gasteiger partial charge in [0.25, 0.3) is 5.91 Å². The van der Waals surface area contributed by atoms with E-state index in [9.17, 15) is 14.3 Å². The Labute approximate surface area is 252 Å². The van der Waals surface area contributed by atoms with Crippen molar-refractivity contribution in [1.82, 2.24) is 19.0 Å². The third-order valence-corrected chi connectivity index (χ3v) is 9.40. The van der Waals surface area contributed by atoms with Gasteiger partial charge in [-0.3, -0.25) is 4.79 Å². The van der Waals surface area contributed by atoms with Crippen LogP contribution in [0.4, 0.5) is 10.1 Å². The van der Waals surface area contributed by atoms with Crippen LogP contribution in [0, 0.1) is 0 Å². The van der Waals surface area contributed by atoms with Gasteiger partial charge in [0.1, 0.15) is 17.4 Å². The zero-order chi connectivity index (χ0) is 29.7. The van der Waals surface area contributed by atoms with Gasteiger partial charge >= 0.3 is 0 Å². The molecule has 9 nitrogen and oxygen atoms in total. The number of thiophene rings is 1. The second-order valence-electron chi connectivity index (χ2n) is 11.4. The lowest BCUT2D eigenvalue weighted by molar-refractivity contribution is 0.0606. The quantitative estimate of drug-likeness (QED) is 0.272. The van der Waals surface area contributed by atoms with E-state index in [0.717, 1.165) is 59.7 Å². The topological polar surface area (TPSA) is 102 Å². The molecule has 2 aliphatic rings. The summed E-state index contributed by atoms with van der Waals surface area (Å²) in [6, 6.07) is 15.8. The minimum Gasteiger partial charge on any atom is -0.494 e. The molecule has 1 saturated heterocycles. The number of nitrogens with two attached hydrogens (primary N) is 1. The highest BCUT2D eigenvalue weighted by atomic mass is 32.1. The summed E-state index contributed by atoms with van der Waals surface area (Å²) < 4.78 is 24.7. The van der Waals surface area contributed by atoms with Crippen LogP contribution in [0.3, 0.4) is 0 Å². The fourth-order valence-electron chi connectivity index (χ4n) is 6.65. The molecule has 5 heterocycles. The second-order valence-corrected chi connectivity index (χ2v) is 12.4. The van der Waals surface area contributed by atoms with Gasteiger partial charge in [-0.25, -0.2) is 9.37 Å². The maximum Gasteiger partial charge on any atom is 0.254 e. The number of aromatic nitrogens is 3. The average molecular weight is 603 g/mol. The maximum absolute atomic E-state index is 14.3. The first kappa shape index (κ1) is 27.9. The highest BCUT2D eigenvalue weighted by Gasteiger charge is 2.31. The van der Waals surface area contributed by atoms with Gasteiger partial charge in [-0.15, -0.1) is 11.3 Å². The molecule has 2 atom stereocenters. The number of halogens is 1. The number of nitrogens with zero attached hydrogens (tertiary/aromatic N) is 5. The molecule has 3 aromatic heterocycles. The van der Waals surface area contributed by atoms with Gasteiger partial charge in [0, 0.05) is 54.7 Å². The lowest BCUT2D eigenvalue weighted by Crippen LogP contribution is -2.50. The number of anilines is 1. The summed E-state index contributed by atoms with van der Waals surface area (Å²) in [7, 11) is 1.60. The van der Waals surface area contributed by atoms with E-state index in [2.05, 4.69) is 49.7 Å². The second kappa shape index (κ2) is 11.3. The number of carbonyl (C=O) groups excluding carboxylic acids is 1. The van der Waals surface area contributed by atoms with E-state index in [-0.39, 0.29) is 31.5 Å². The molecule has 0 bridgehead atoms. The first-order chi connectivity index (χ1) is 20.9. The van der Waals surface area contributed by atoms with Gasteiger partial charge < -0.3 is 34.5 Å². The standard InChI is InChI=1S/C32H35FN6O3S/c1-42-28-15-21(32(41)37-17-22(33)16-23(34)18-37)13-25-30(28)39(19-24-6-3-12-43-24)31(35-25)27-14-20-5-2-7-26-29(20)38(27)10-9-36(26)8-4-11-40/h2-3,5-7,12-15,22-23,40H,4,8-11,16-19,34H2,1H3/t22-,23-/m1/s1. The van der Waals surface area contributed by atoms with Crippen LogP contribution < -0.4 is 15.4 Å². The summed E-state index contributed by atoms with van der Waals surface area (Å²) in [6.45, 7) is 3.51. The van der Waals surface area contributed by atoms with Crippen molar-refractivity contribution in [3.8, 4) is 17.3 Å². The minimum absolute atomic E-state index is 0.0305. The van der Waals surface area contributed by atoms with Crippen molar-refractivity contribution in [1.29, 1.82) is 0 Å². The molecule has 5 aromatic rings. The summed E-state index contributed by atoms with van der Waals surface area (Å²) in [5, 5.41) is 12.6. The number of carbonyl (C=O) groups is 1. The normalized spacial score (nSPS) is 18.6. The molecule has 7 rings (SSSR count). The van der Waals surface area contributed by atoms with Crippen molar-refractivity contribution < 1.29 is 19.0 Å². The molecule has 0 spiro atoms. The van der Waals surface area contributed by atoms with Crippen LogP contribution in [-0.4, -0.2) is 82.1 Å². The number of hydrogen-bond acceptors (Lipinski definition) is 7. The SMILES string of the molecule is COc1cc(C(=O)N2C[C@H](N)C[C@@H](F)C2)cc2nc(-c3cc4cccc5c4n3CCN5CCCO)n(Cc3cccs3)c12.